The molecule has 1 aromatic rings. The SMILES string of the molecule is O=C(OOCC1CCC1)c1nccnc1N1CCCC1. The summed E-state index contributed by atoms with van der Waals surface area (Å²) in [7, 11) is 0. The lowest BCUT2D eigenvalue weighted by atomic mass is 9.86. The molecule has 3 rings (SSSR count). The van der Waals surface area contributed by atoms with Crippen LogP contribution in [0.2, 0.25) is 0 Å². The smallest absolute Gasteiger partial charge is 0.355 e. The first kappa shape index (κ1) is 13.3. The summed E-state index contributed by atoms with van der Waals surface area (Å²) in [6, 6.07) is 0. The molecular formula is C14H19N3O3. The summed E-state index contributed by atoms with van der Waals surface area (Å²) in [4.78, 5) is 32.4. The van der Waals surface area contributed by atoms with Crippen molar-refractivity contribution in [2.24, 2.45) is 5.92 Å². The quantitative estimate of drug-likeness (QED) is 0.605. The number of anilines is 1. The standard InChI is InChI=1S/C14H19N3O3/c18-14(20-19-10-11-4-3-5-11)12-13(16-7-6-15-12)17-8-1-2-9-17/h6-7,11H,1-5,8-10H2. The van der Waals surface area contributed by atoms with E-state index in [1.165, 1.54) is 12.6 Å². The third kappa shape index (κ3) is 2.90. The van der Waals surface area contributed by atoms with Gasteiger partial charge in [-0.3, -0.25) is 4.89 Å². The van der Waals surface area contributed by atoms with E-state index in [9.17, 15) is 4.79 Å². The van der Waals surface area contributed by atoms with Crippen molar-refractivity contribution in [2.45, 2.75) is 32.1 Å². The van der Waals surface area contributed by atoms with E-state index in [2.05, 4.69) is 14.9 Å². The molecule has 2 heterocycles. The molecule has 1 aromatic heterocycles. The van der Waals surface area contributed by atoms with Gasteiger partial charge in [-0.15, -0.1) is 0 Å². The van der Waals surface area contributed by atoms with Crippen molar-refractivity contribution >= 4 is 11.8 Å². The van der Waals surface area contributed by atoms with Crippen LogP contribution in [0.25, 0.3) is 0 Å². The Balaban J connectivity index is 1.61. The van der Waals surface area contributed by atoms with Gasteiger partial charge in [-0.25, -0.2) is 14.8 Å². The molecule has 2 aliphatic rings. The van der Waals surface area contributed by atoms with Crippen LogP contribution < -0.4 is 4.90 Å². The van der Waals surface area contributed by atoms with E-state index in [1.807, 2.05) is 0 Å². The van der Waals surface area contributed by atoms with Gasteiger partial charge in [-0.1, -0.05) is 6.42 Å². The third-order valence-corrected chi connectivity index (χ3v) is 3.94. The molecule has 1 saturated carbocycles. The van der Waals surface area contributed by atoms with Gasteiger partial charge in [0.25, 0.3) is 0 Å². The van der Waals surface area contributed by atoms with Crippen LogP contribution in [-0.4, -0.2) is 35.6 Å². The third-order valence-electron chi connectivity index (χ3n) is 3.94. The number of hydrogen-bond donors (Lipinski definition) is 0. The lowest BCUT2D eigenvalue weighted by Crippen LogP contribution is -2.24. The number of carbonyl (C=O) groups is 1. The second-order valence-corrected chi connectivity index (χ2v) is 5.37. The van der Waals surface area contributed by atoms with Crippen LogP contribution in [0.1, 0.15) is 42.6 Å². The lowest BCUT2D eigenvalue weighted by Gasteiger charge is -2.23. The maximum absolute atomic E-state index is 12.0. The van der Waals surface area contributed by atoms with Gasteiger partial charge in [-0.2, -0.15) is 4.89 Å². The second-order valence-electron chi connectivity index (χ2n) is 5.37. The highest BCUT2D eigenvalue weighted by Crippen LogP contribution is 2.26. The van der Waals surface area contributed by atoms with Gasteiger partial charge in [0.2, 0.25) is 0 Å². The summed E-state index contributed by atoms with van der Waals surface area (Å²) in [6.07, 6.45) is 8.88. The summed E-state index contributed by atoms with van der Waals surface area (Å²) in [5.74, 6) is 0.573. The van der Waals surface area contributed by atoms with Crippen LogP contribution >= 0.6 is 0 Å². The molecule has 0 N–H and O–H groups in total. The molecular weight excluding hydrogens is 258 g/mol. The Morgan fingerprint density at radius 2 is 1.95 bits per heavy atom. The predicted molar refractivity (Wildman–Crippen MR) is 72.2 cm³/mol. The molecule has 1 aliphatic heterocycles. The largest absolute Gasteiger partial charge is 0.395 e. The maximum Gasteiger partial charge on any atom is 0.395 e. The molecule has 1 saturated heterocycles. The van der Waals surface area contributed by atoms with Crippen molar-refractivity contribution in [3.8, 4) is 0 Å². The molecule has 6 nitrogen and oxygen atoms in total. The van der Waals surface area contributed by atoms with E-state index in [1.54, 1.807) is 6.20 Å². The van der Waals surface area contributed by atoms with Crippen molar-refractivity contribution in [1.82, 2.24) is 9.97 Å². The van der Waals surface area contributed by atoms with Crippen LogP contribution in [0.15, 0.2) is 12.4 Å². The second kappa shape index (κ2) is 6.17. The molecule has 6 heteroatoms. The molecule has 0 radical (unpaired) electrons. The molecule has 0 atom stereocenters. The Hall–Kier alpha value is -1.69. The Kier molecular flexibility index (Phi) is 4.11. The Morgan fingerprint density at radius 1 is 1.20 bits per heavy atom. The van der Waals surface area contributed by atoms with Crippen LogP contribution in [0.5, 0.6) is 0 Å². The number of carbonyl (C=O) groups excluding carboxylic acids is 1. The van der Waals surface area contributed by atoms with Crippen molar-refractivity contribution in [2.75, 3.05) is 24.6 Å². The van der Waals surface area contributed by atoms with Crippen LogP contribution in [0.4, 0.5) is 5.82 Å². The zero-order valence-electron chi connectivity index (χ0n) is 11.5. The topological polar surface area (TPSA) is 64.5 Å². The zero-order chi connectivity index (χ0) is 13.8. The van der Waals surface area contributed by atoms with Crippen LogP contribution in [0.3, 0.4) is 0 Å². The fourth-order valence-electron chi connectivity index (χ4n) is 2.52. The summed E-state index contributed by atoms with van der Waals surface area (Å²) in [5.41, 5.74) is 0.239. The minimum atomic E-state index is -0.556. The van der Waals surface area contributed by atoms with E-state index in [0.29, 0.717) is 18.3 Å². The van der Waals surface area contributed by atoms with Gasteiger partial charge < -0.3 is 4.90 Å². The molecule has 1 aliphatic carbocycles. The summed E-state index contributed by atoms with van der Waals surface area (Å²) in [5, 5.41) is 0. The van der Waals surface area contributed by atoms with E-state index in [4.69, 9.17) is 9.78 Å². The number of aromatic nitrogens is 2. The normalized spacial score (nSPS) is 18.9. The van der Waals surface area contributed by atoms with Crippen LogP contribution in [-0.2, 0) is 9.78 Å². The Morgan fingerprint density at radius 3 is 2.65 bits per heavy atom. The molecule has 20 heavy (non-hydrogen) atoms. The average Bonchev–Trinajstić information content (AvgIpc) is 2.95. The molecule has 2 fully saturated rings. The molecule has 0 unspecified atom stereocenters. The lowest BCUT2D eigenvalue weighted by molar-refractivity contribution is -0.252. The van der Waals surface area contributed by atoms with Crippen molar-refractivity contribution in [1.29, 1.82) is 0 Å². The van der Waals surface area contributed by atoms with Gasteiger partial charge in [0.05, 0.1) is 6.61 Å². The van der Waals surface area contributed by atoms with Crippen molar-refractivity contribution in [3.63, 3.8) is 0 Å². The van der Waals surface area contributed by atoms with E-state index >= 15 is 0 Å². The molecule has 0 bridgehead atoms. The number of nitrogens with zero attached hydrogens (tertiary/aromatic N) is 3. The van der Waals surface area contributed by atoms with E-state index < -0.39 is 5.97 Å². The summed E-state index contributed by atoms with van der Waals surface area (Å²) in [6.45, 7) is 2.29. The highest BCUT2D eigenvalue weighted by Gasteiger charge is 2.24. The van der Waals surface area contributed by atoms with Crippen molar-refractivity contribution < 1.29 is 14.6 Å². The van der Waals surface area contributed by atoms with Crippen LogP contribution in [0, 0.1) is 5.92 Å². The van der Waals surface area contributed by atoms with Gasteiger partial charge in [0.1, 0.15) is 0 Å². The Bertz CT molecular complexity index is 470. The predicted octanol–water partition coefficient (Wildman–Crippen LogP) is 1.97. The van der Waals surface area contributed by atoms with E-state index in [-0.39, 0.29) is 5.69 Å². The number of rotatable bonds is 5. The van der Waals surface area contributed by atoms with Gasteiger partial charge >= 0.3 is 5.97 Å². The molecule has 108 valence electrons. The van der Waals surface area contributed by atoms with Crippen molar-refractivity contribution in [3.05, 3.63) is 18.1 Å². The first-order chi connectivity index (χ1) is 9.84. The first-order valence-corrected chi connectivity index (χ1v) is 7.24. The van der Waals surface area contributed by atoms with E-state index in [0.717, 1.165) is 38.8 Å². The molecule has 0 amide bonds. The maximum atomic E-state index is 12.0. The summed E-state index contributed by atoms with van der Waals surface area (Å²) >= 11 is 0. The Labute approximate surface area is 118 Å². The van der Waals surface area contributed by atoms with Gasteiger partial charge in [0, 0.05) is 25.5 Å². The highest BCUT2D eigenvalue weighted by atomic mass is 17.2. The number of hydrogen-bond acceptors (Lipinski definition) is 6. The molecule has 0 aromatic carbocycles. The summed E-state index contributed by atoms with van der Waals surface area (Å²) < 4.78 is 0. The monoisotopic (exact) mass is 277 g/mol. The fraction of sp³-hybridized carbons (Fsp3) is 0.643. The minimum absolute atomic E-state index is 0.239. The highest BCUT2D eigenvalue weighted by molar-refractivity contribution is 5.92. The fourth-order valence-corrected chi connectivity index (χ4v) is 2.52. The average molecular weight is 277 g/mol. The molecule has 0 spiro atoms. The van der Waals surface area contributed by atoms with Gasteiger partial charge in [0.15, 0.2) is 11.5 Å². The van der Waals surface area contributed by atoms with Gasteiger partial charge in [-0.05, 0) is 31.6 Å². The minimum Gasteiger partial charge on any atom is -0.355 e. The first-order valence-electron chi connectivity index (χ1n) is 7.24. The zero-order valence-corrected chi connectivity index (χ0v) is 11.5.